The molecule has 120 valence electrons. The zero-order valence-electron chi connectivity index (χ0n) is 13.2. The van der Waals surface area contributed by atoms with E-state index in [-0.39, 0.29) is 6.04 Å². The molecule has 3 rings (SSSR count). The van der Waals surface area contributed by atoms with Crippen molar-refractivity contribution in [3.63, 3.8) is 0 Å². The Morgan fingerprint density at radius 1 is 1.39 bits per heavy atom. The topological polar surface area (TPSA) is 68.8 Å². The Balaban J connectivity index is 1.90. The minimum Gasteiger partial charge on any atom is -0.334 e. The standard InChI is InChI=1S/C16H18ClN5O/c1-10(18-3)7-15-20-16(23-21-15)14-9-19-22(11(14)2)13-6-4-5-12(17)8-13/h4-6,8-10,18H,7H2,1-3H3. The molecule has 0 bridgehead atoms. The first kappa shape index (κ1) is 15.7. The molecule has 0 saturated heterocycles. The van der Waals surface area contributed by atoms with Gasteiger partial charge in [-0.3, -0.25) is 0 Å². The molecule has 0 aliphatic rings. The Hall–Kier alpha value is -2.18. The molecule has 7 heteroatoms. The van der Waals surface area contributed by atoms with Crippen LogP contribution in [0.15, 0.2) is 35.0 Å². The van der Waals surface area contributed by atoms with Crippen LogP contribution in [-0.4, -0.2) is 33.0 Å². The van der Waals surface area contributed by atoms with Crippen molar-refractivity contribution >= 4 is 11.6 Å². The molecule has 6 nitrogen and oxygen atoms in total. The molecule has 1 aromatic carbocycles. The van der Waals surface area contributed by atoms with Crippen molar-refractivity contribution in [1.29, 1.82) is 0 Å². The van der Waals surface area contributed by atoms with E-state index in [0.29, 0.717) is 23.2 Å². The second kappa shape index (κ2) is 6.52. The number of halogens is 1. The number of hydrogen-bond acceptors (Lipinski definition) is 5. The molecule has 1 atom stereocenters. The van der Waals surface area contributed by atoms with Gasteiger partial charge >= 0.3 is 0 Å². The highest BCUT2D eigenvalue weighted by molar-refractivity contribution is 6.30. The van der Waals surface area contributed by atoms with Crippen LogP contribution in [0.4, 0.5) is 0 Å². The van der Waals surface area contributed by atoms with Gasteiger partial charge in [-0.25, -0.2) is 4.68 Å². The fourth-order valence-corrected chi connectivity index (χ4v) is 2.49. The first-order valence-corrected chi connectivity index (χ1v) is 7.77. The maximum Gasteiger partial charge on any atom is 0.261 e. The SMILES string of the molecule is CNC(C)Cc1noc(-c2cnn(-c3cccc(Cl)c3)c2C)n1. The smallest absolute Gasteiger partial charge is 0.261 e. The van der Waals surface area contributed by atoms with Crippen molar-refractivity contribution in [2.75, 3.05) is 7.05 Å². The maximum atomic E-state index is 6.05. The van der Waals surface area contributed by atoms with Gasteiger partial charge in [0.05, 0.1) is 23.1 Å². The van der Waals surface area contributed by atoms with Crippen molar-refractivity contribution in [3.8, 4) is 17.1 Å². The van der Waals surface area contributed by atoms with Gasteiger partial charge in [-0.05, 0) is 39.1 Å². The van der Waals surface area contributed by atoms with Crippen LogP contribution in [-0.2, 0) is 6.42 Å². The van der Waals surface area contributed by atoms with Gasteiger partial charge in [0, 0.05) is 17.5 Å². The van der Waals surface area contributed by atoms with Crippen LogP contribution >= 0.6 is 11.6 Å². The van der Waals surface area contributed by atoms with Gasteiger partial charge in [-0.15, -0.1) is 0 Å². The zero-order chi connectivity index (χ0) is 16.4. The molecule has 0 aliphatic heterocycles. The molecule has 0 spiro atoms. The van der Waals surface area contributed by atoms with Gasteiger partial charge in [0.15, 0.2) is 5.82 Å². The Labute approximate surface area is 139 Å². The fourth-order valence-electron chi connectivity index (χ4n) is 2.31. The van der Waals surface area contributed by atoms with E-state index >= 15 is 0 Å². The number of aromatic nitrogens is 4. The van der Waals surface area contributed by atoms with Crippen LogP contribution in [0.1, 0.15) is 18.4 Å². The highest BCUT2D eigenvalue weighted by Crippen LogP contribution is 2.24. The molecule has 0 aliphatic carbocycles. The van der Waals surface area contributed by atoms with Crippen molar-refractivity contribution in [2.24, 2.45) is 0 Å². The summed E-state index contributed by atoms with van der Waals surface area (Å²) in [6.07, 6.45) is 2.44. The summed E-state index contributed by atoms with van der Waals surface area (Å²) in [5.74, 6) is 1.16. The lowest BCUT2D eigenvalue weighted by atomic mass is 10.2. The van der Waals surface area contributed by atoms with Crippen LogP contribution in [0.5, 0.6) is 0 Å². The third-order valence-corrected chi connectivity index (χ3v) is 3.98. The van der Waals surface area contributed by atoms with Crippen molar-refractivity contribution in [3.05, 3.63) is 47.0 Å². The van der Waals surface area contributed by atoms with E-state index in [0.717, 1.165) is 16.9 Å². The lowest BCUT2D eigenvalue weighted by Gasteiger charge is -2.05. The summed E-state index contributed by atoms with van der Waals surface area (Å²) in [4.78, 5) is 4.46. The quantitative estimate of drug-likeness (QED) is 0.778. The lowest BCUT2D eigenvalue weighted by Crippen LogP contribution is -2.24. The predicted octanol–water partition coefficient (Wildman–Crippen LogP) is 3.03. The van der Waals surface area contributed by atoms with Gasteiger partial charge in [0.25, 0.3) is 5.89 Å². The monoisotopic (exact) mass is 331 g/mol. The Bertz CT molecular complexity index is 810. The number of nitrogens with one attached hydrogen (secondary N) is 1. The molecule has 2 heterocycles. The number of benzene rings is 1. The van der Waals surface area contributed by atoms with Crippen LogP contribution in [0.3, 0.4) is 0 Å². The summed E-state index contributed by atoms with van der Waals surface area (Å²) in [5, 5.41) is 12.3. The van der Waals surface area contributed by atoms with Crippen molar-refractivity contribution in [1.82, 2.24) is 25.2 Å². The molecule has 0 saturated carbocycles. The first-order valence-electron chi connectivity index (χ1n) is 7.39. The van der Waals surface area contributed by atoms with Crippen molar-refractivity contribution in [2.45, 2.75) is 26.3 Å². The number of rotatable bonds is 5. The van der Waals surface area contributed by atoms with Gasteiger partial charge < -0.3 is 9.84 Å². The van der Waals surface area contributed by atoms with E-state index in [2.05, 4.69) is 27.5 Å². The van der Waals surface area contributed by atoms with Crippen LogP contribution < -0.4 is 5.32 Å². The third kappa shape index (κ3) is 3.28. The number of nitrogens with zero attached hydrogens (tertiary/aromatic N) is 4. The second-order valence-corrected chi connectivity index (χ2v) is 5.88. The van der Waals surface area contributed by atoms with Gasteiger partial charge in [-0.2, -0.15) is 10.1 Å². The molecule has 0 radical (unpaired) electrons. The Kier molecular flexibility index (Phi) is 4.45. The number of hydrogen-bond donors (Lipinski definition) is 1. The summed E-state index contributed by atoms with van der Waals surface area (Å²) < 4.78 is 7.19. The summed E-state index contributed by atoms with van der Waals surface area (Å²) in [6.45, 7) is 4.03. The Morgan fingerprint density at radius 2 is 2.22 bits per heavy atom. The highest BCUT2D eigenvalue weighted by atomic mass is 35.5. The molecular formula is C16H18ClN5O. The summed E-state index contributed by atoms with van der Waals surface area (Å²) in [5.41, 5.74) is 2.63. The Morgan fingerprint density at radius 3 is 2.96 bits per heavy atom. The summed E-state index contributed by atoms with van der Waals surface area (Å²) in [6, 6.07) is 7.82. The molecular weight excluding hydrogens is 314 g/mol. The van der Waals surface area contributed by atoms with E-state index in [1.54, 1.807) is 10.9 Å². The predicted molar refractivity (Wildman–Crippen MR) is 88.8 cm³/mol. The van der Waals surface area contributed by atoms with Gasteiger partial charge in [0.2, 0.25) is 0 Å². The van der Waals surface area contributed by atoms with Crippen LogP contribution in [0.2, 0.25) is 5.02 Å². The first-order chi connectivity index (χ1) is 11.1. The van der Waals surface area contributed by atoms with E-state index in [4.69, 9.17) is 16.1 Å². The molecule has 23 heavy (non-hydrogen) atoms. The van der Waals surface area contributed by atoms with E-state index in [9.17, 15) is 0 Å². The largest absolute Gasteiger partial charge is 0.334 e. The van der Waals surface area contributed by atoms with Gasteiger partial charge in [0.1, 0.15) is 0 Å². The van der Waals surface area contributed by atoms with E-state index in [1.165, 1.54) is 0 Å². The van der Waals surface area contributed by atoms with E-state index in [1.807, 2.05) is 38.2 Å². The minimum absolute atomic E-state index is 0.288. The maximum absolute atomic E-state index is 6.05. The lowest BCUT2D eigenvalue weighted by molar-refractivity contribution is 0.418. The number of likely N-dealkylation sites (N-methyl/N-ethyl adjacent to an activating group) is 1. The van der Waals surface area contributed by atoms with Gasteiger partial charge in [-0.1, -0.05) is 22.8 Å². The highest BCUT2D eigenvalue weighted by Gasteiger charge is 2.17. The summed E-state index contributed by atoms with van der Waals surface area (Å²) >= 11 is 6.05. The molecule has 1 unspecified atom stereocenters. The molecule has 3 aromatic rings. The fraction of sp³-hybridized carbons (Fsp3) is 0.312. The second-order valence-electron chi connectivity index (χ2n) is 5.44. The third-order valence-electron chi connectivity index (χ3n) is 3.74. The molecule has 2 aromatic heterocycles. The average Bonchev–Trinajstić information content (AvgIpc) is 3.13. The van der Waals surface area contributed by atoms with E-state index < -0.39 is 0 Å². The molecule has 0 amide bonds. The normalized spacial score (nSPS) is 12.5. The molecule has 0 fully saturated rings. The minimum atomic E-state index is 0.288. The zero-order valence-corrected chi connectivity index (χ0v) is 14.0. The van der Waals surface area contributed by atoms with Crippen LogP contribution in [0.25, 0.3) is 17.1 Å². The van der Waals surface area contributed by atoms with Crippen molar-refractivity contribution < 1.29 is 4.52 Å². The summed E-state index contributed by atoms with van der Waals surface area (Å²) in [7, 11) is 1.91. The molecule has 1 N–H and O–H groups in total. The average molecular weight is 332 g/mol. The van der Waals surface area contributed by atoms with Crippen LogP contribution in [0, 0.1) is 6.92 Å².